The normalized spacial score (nSPS) is 11.9. The van der Waals surface area contributed by atoms with Crippen molar-refractivity contribution in [3.05, 3.63) is 24.3 Å². The van der Waals surface area contributed by atoms with E-state index in [0.717, 1.165) is 0 Å². The Balaban J connectivity index is 3.17. The number of hydrogen-bond acceptors (Lipinski definition) is 3. The molecular weight excluding hydrogens is 200 g/mol. The molecule has 0 radical (unpaired) electrons. The Labute approximate surface area is 84.4 Å². The highest BCUT2D eigenvalue weighted by Crippen LogP contribution is 2.16. The standard InChI is InChI=1S/C9H14N2O2S/c1-3-11(2)14(12,13)9-6-4-5-8(10)7-9/h4-7H,3,10H2,1-2H3. The molecule has 0 fully saturated rings. The van der Waals surface area contributed by atoms with E-state index < -0.39 is 10.0 Å². The van der Waals surface area contributed by atoms with Gasteiger partial charge in [0.2, 0.25) is 10.0 Å². The summed E-state index contributed by atoms with van der Waals surface area (Å²) in [6.07, 6.45) is 0. The molecule has 0 amide bonds. The van der Waals surface area contributed by atoms with Crippen molar-refractivity contribution >= 4 is 15.7 Å². The summed E-state index contributed by atoms with van der Waals surface area (Å²) >= 11 is 0. The zero-order chi connectivity index (χ0) is 10.8. The van der Waals surface area contributed by atoms with Gasteiger partial charge < -0.3 is 5.73 Å². The molecule has 1 aromatic rings. The number of rotatable bonds is 3. The predicted octanol–water partition coefficient (Wildman–Crippen LogP) is 0.909. The first-order valence-corrected chi connectivity index (χ1v) is 5.74. The number of nitrogens with two attached hydrogens (primary N) is 1. The van der Waals surface area contributed by atoms with E-state index in [4.69, 9.17) is 5.73 Å². The van der Waals surface area contributed by atoms with Crippen LogP contribution in [0.15, 0.2) is 29.2 Å². The molecule has 0 saturated heterocycles. The van der Waals surface area contributed by atoms with Crippen molar-refractivity contribution in [3.8, 4) is 0 Å². The van der Waals surface area contributed by atoms with Crippen LogP contribution in [0.3, 0.4) is 0 Å². The van der Waals surface area contributed by atoms with Gasteiger partial charge in [0.1, 0.15) is 0 Å². The molecule has 0 unspecified atom stereocenters. The SMILES string of the molecule is CCN(C)S(=O)(=O)c1cccc(N)c1. The number of nitrogens with zero attached hydrogens (tertiary/aromatic N) is 1. The minimum absolute atomic E-state index is 0.238. The number of benzene rings is 1. The maximum absolute atomic E-state index is 11.8. The van der Waals surface area contributed by atoms with Gasteiger partial charge in [-0.05, 0) is 18.2 Å². The summed E-state index contributed by atoms with van der Waals surface area (Å²) in [6.45, 7) is 2.22. The van der Waals surface area contributed by atoms with Crippen LogP contribution in [0.5, 0.6) is 0 Å². The van der Waals surface area contributed by atoms with Gasteiger partial charge in [-0.15, -0.1) is 0 Å². The molecule has 0 bridgehead atoms. The lowest BCUT2D eigenvalue weighted by Gasteiger charge is -2.14. The van der Waals surface area contributed by atoms with Gasteiger partial charge in [-0.25, -0.2) is 12.7 Å². The first-order valence-electron chi connectivity index (χ1n) is 4.30. The van der Waals surface area contributed by atoms with Gasteiger partial charge in [0, 0.05) is 19.3 Å². The lowest BCUT2D eigenvalue weighted by molar-refractivity contribution is 0.486. The Bertz CT molecular complexity index is 415. The fourth-order valence-electron chi connectivity index (χ4n) is 1.02. The van der Waals surface area contributed by atoms with E-state index in [-0.39, 0.29) is 4.90 Å². The first kappa shape index (κ1) is 11.0. The molecule has 5 heteroatoms. The van der Waals surface area contributed by atoms with Crippen LogP contribution < -0.4 is 5.73 Å². The van der Waals surface area contributed by atoms with Crippen molar-refractivity contribution in [1.82, 2.24) is 4.31 Å². The molecule has 0 heterocycles. The zero-order valence-electron chi connectivity index (χ0n) is 8.27. The van der Waals surface area contributed by atoms with Crippen molar-refractivity contribution < 1.29 is 8.42 Å². The maximum Gasteiger partial charge on any atom is 0.242 e. The van der Waals surface area contributed by atoms with E-state index in [9.17, 15) is 8.42 Å². The number of anilines is 1. The molecule has 0 aliphatic rings. The highest BCUT2D eigenvalue weighted by Gasteiger charge is 2.18. The van der Waals surface area contributed by atoms with E-state index >= 15 is 0 Å². The van der Waals surface area contributed by atoms with E-state index in [0.29, 0.717) is 12.2 Å². The van der Waals surface area contributed by atoms with Crippen LogP contribution in [0.4, 0.5) is 5.69 Å². The van der Waals surface area contributed by atoms with Crippen LogP contribution in [0, 0.1) is 0 Å². The molecule has 4 nitrogen and oxygen atoms in total. The molecule has 1 rings (SSSR count). The number of hydrogen-bond donors (Lipinski definition) is 1. The van der Waals surface area contributed by atoms with Gasteiger partial charge in [0.15, 0.2) is 0 Å². The molecule has 14 heavy (non-hydrogen) atoms. The summed E-state index contributed by atoms with van der Waals surface area (Å²) in [7, 11) is -1.82. The molecule has 0 aliphatic heterocycles. The van der Waals surface area contributed by atoms with Gasteiger partial charge in [-0.1, -0.05) is 13.0 Å². The van der Waals surface area contributed by atoms with Crippen molar-refractivity contribution in [2.75, 3.05) is 19.3 Å². The van der Waals surface area contributed by atoms with Crippen LogP contribution in [0.1, 0.15) is 6.92 Å². The summed E-state index contributed by atoms with van der Waals surface area (Å²) in [4.78, 5) is 0.238. The summed E-state index contributed by atoms with van der Waals surface area (Å²) in [5.74, 6) is 0. The Morgan fingerprint density at radius 1 is 1.43 bits per heavy atom. The average Bonchev–Trinajstić information content (AvgIpc) is 2.16. The fourth-order valence-corrected chi connectivity index (χ4v) is 2.26. The van der Waals surface area contributed by atoms with E-state index in [1.165, 1.54) is 16.4 Å². The monoisotopic (exact) mass is 214 g/mol. The molecule has 78 valence electrons. The average molecular weight is 214 g/mol. The third kappa shape index (κ3) is 2.05. The van der Waals surface area contributed by atoms with Gasteiger partial charge in [0.05, 0.1) is 4.90 Å². The third-order valence-corrected chi connectivity index (χ3v) is 3.94. The second kappa shape index (κ2) is 3.98. The van der Waals surface area contributed by atoms with E-state index in [1.807, 2.05) is 0 Å². The van der Waals surface area contributed by atoms with Crippen molar-refractivity contribution in [2.24, 2.45) is 0 Å². The second-order valence-electron chi connectivity index (χ2n) is 2.99. The van der Waals surface area contributed by atoms with Crippen molar-refractivity contribution in [2.45, 2.75) is 11.8 Å². The van der Waals surface area contributed by atoms with Crippen LogP contribution >= 0.6 is 0 Å². The molecule has 0 spiro atoms. The van der Waals surface area contributed by atoms with Crippen LogP contribution in [-0.2, 0) is 10.0 Å². The van der Waals surface area contributed by atoms with Crippen LogP contribution in [0.25, 0.3) is 0 Å². The summed E-state index contributed by atoms with van der Waals surface area (Å²) < 4.78 is 24.9. The maximum atomic E-state index is 11.8. The quantitative estimate of drug-likeness (QED) is 0.761. The Hall–Kier alpha value is -1.07. The third-order valence-electron chi connectivity index (χ3n) is 2.01. The molecule has 0 atom stereocenters. The summed E-state index contributed by atoms with van der Waals surface area (Å²) in [5.41, 5.74) is 5.97. The van der Waals surface area contributed by atoms with Gasteiger partial charge in [-0.3, -0.25) is 0 Å². The van der Waals surface area contributed by atoms with Crippen LogP contribution in [-0.4, -0.2) is 26.3 Å². The highest BCUT2D eigenvalue weighted by atomic mass is 32.2. The number of sulfonamides is 1. The molecule has 0 saturated carbocycles. The predicted molar refractivity (Wildman–Crippen MR) is 56.3 cm³/mol. The molecule has 2 N–H and O–H groups in total. The number of nitrogen functional groups attached to an aromatic ring is 1. The first-order chi connectivity index (χ1) is 6.48. The van der Waals surface area contributed by atoms with Gasteiger partial charge >= 0.3 is 0 Å². The molecule has 0 aliphatic carbocycles. The Morgan fingerprint density at radius 3 is 2.57 bits per heavy atom. The zero-order valence-corrected chi connectivity index (χ0v) is 9.08. The minimum atomic E-state index is -3.36. The highest BCUT2D eigenvalue weighted by molar-refractivity contribution is 7.89. The summed E-state index contributed by atoms with van der Waals surface area (Å²) in [6, 6.07) is 6.29. The topological polar surface area (TPSA) is 63.4 Å². The van der Waals surface area contributed by atoms with Crippen molar-refractivity contribution in [1.29, 1.82) is 0 Å². The van der Waals surface area contributed by atoms with E-state index in [2.05, 4.69) is 0 Å². The Kier molecular flexibility index (Phi) is 3.13. The largest absolute Gasteiger partial charge is 0.399 e. The van der Waals surface area contributed by atoms with Gasteiger partial charge in [-0.2, -0.15) is 0 Å². The molecular formula is C9H14N2O2S. The summed E-state index contributed by atoms with van der Waals surface area (Å²) in [5, 5.41) is 0. The smallest absolute Gasteiger partial charge is 0.242 e. The lowest BCUT2D eigenvalue weighted by atomic mass is 10.3. The molecule has 0 aromatic heterocycles. The second-order valence-corrected chi connectivity index (χ2v) is 5.04. The Morgan fingerprint density at radius 2 is 2.07 bits per heavy atom. The minimum Gasteiger partial charge on any atom is -0.399 e. The van der Waals surface area contributed by atoms with Gasteiger partial charge in [0.25, 0.3) is 0 Å². The van der Waals surface area contributed by atoms with Crippen molar-refractivity contribution in [3.63, 3.8) is 0 Å². The lowest BCUT2D eigenvalue weighted by Crippen LogP contribution is -2.26. The van der Waals surface area contributed by atoms with Crippen LogP contribution in [0.2, 0.25) is 0 Å². The fraction of sp³-hybridized carbons (Fsp3) is 0.333. The van der Waals surface area contributed by atoms with E-state index in [1.54, 1.807) is 26.1 Å². The molecule has 1 aromatic carbocycles.